The molecule has 2 aromatic carbocycles. The molecule has 0 saturated heterocycles. The number of methoxy groups -OCH3 is 1. The number of hydrogen-bond acceptors (Lipinski definition) is 7. The van der Waals surface area contributed by atoms with E-state index in [1.807, 2.05) is 19.9 Å². The molecule has 1 atom stereocenters. The third-order valence-electron chi connectivity index (χ3n) is 4.98. The van der Waals surface area contributed by atoms with Crippen LogP contribution in [0.25, 0.3) is 22.3 Å². The number of rotatable bonds is 5. The zero-order valence-electron chi connectivity index (χ0n) is 16.3. The average Bonchev–Trinajstić information content (AvgIpc) is 2.71. The number of benzene rings is 2. The standard InChI is InChI=1S/C22H22O7/c1-11(2)13(9-16(24)28-3)17-19(25)21(27)20(26)18-14(23)10-15(29-22(17)18)12-7-5-4-6-8-12/h4-8,10-11,13,25-27H,9H2,1-3H3/t13-/m0/s1. The molecule has 0 amide bonds. The van der Waals surface area contributed by atoms with Gasteiger partial charge in [-0.2, -0.15) is 0 Å². The van der Waals surface area contributed by atoms with Gasteiger partial charge in [-0.25, -0.2) is 0 Å². The topological polar surface area (TPSA) is 117 Å². The van der Waals surface area contributed by atoms with Crippen molar-refractivity contribution in [2.45, 2.75) is 26.2 Å². The van der Waals surface area contributed by atoms with Crippen molar-refractivity contribution in [3.8, 4) is 28.6 Å². The van der Waals surface area contributed by atoms with Gasteiger partial charge in [0, 0.05) is 23.1 Å². The second-order valence-electron chi connectivity index (χ2n) is 7.14. The molecule has 0 spiro atoms. The summed E-state index contributed by atoms with van der Waals surface area (Å²) in [6, 6.07) is 10.1. The van der Waals surface area contributed by atoms with E-state index in [2.05, 4.69) is 0 Å². The molecule has 3 aromatic rings. The Balaban J connectivity index is 2.40. The van der Waals surface area contributed by atoms with Crippen LogP contribution in [0.2, 0.25) is 0 Å². The molecule has 29 heavy (non-hydrogen) atoms. The van der Waals surface area contributed by atoms with Crippen LogP contribution < -0.4 is 5.43 Å². The van der Waals surface area contributed by atoms with Gasteiger partial charge in [0.25, 0.3) is 0 Å². The van der Waals surface area contributed by atoms with Crippen LogP contribution in [0.4, 0.5) is 0 Å². The van der Waals surface area contributed by atoms with Gasteiger partial charge >= 0.3 is 5.97 Å². The zero-order valence-corrected chi connectivity index (χ0v) is 16.3. The summed E-state index contributed by atoms with van der Waals surface area (Å²) < 4.78 is 10.7. The Labute approximate surface area is 166 Å². The smallest absolute Gasteiger partial charge is 0.306 e. The van der Waals surface area contributed by atoms with Crippen molar-refractivity contribution in [1.82, 2.24) is 0 Å². The van der Waals surface area contributed by atoms with Crippen molar-refractivity contribution in [2.24, 2.45) is 5.92 Å². The van der Waals surface area contributed by atoms with E-state index in [0.29, 0.717) is 5.56 Å². The van der Waals surface area contributed by atoms with Crippen molar-refractivity contribution in [2.75, 3.05) is 7.11 Å². The lowest BCUT2D eigenvalue weighted by Gasteiger charge is -2.23. The molecule has 0 bridgehead atoms. The molecule has 0 aliphatic rings. The van der Waals surface area contributed by atoms with Crippen LogP contribution in [0.3, 0.4) is 0 Å². The molecule has 0 saturated carbocycles. The van der Waals surface area contributed by atoms with E-state index in [1.54, 1.807) is 24.3 Å². The number of aromatic hydroxyl groups is 3. The molecule has 1 aromatic heterocycles. The number of phenols is 3. The minimum atomic E-state index is -0.831. The second kappa shape index (κ2) is 7.87. The van der Waals surface area contributed by atoms with E-state index in [4.69, 9.17) is 9.15 Å². The summed E-state index contributed by atoms with van der Waals surface area (Å²) in [6.07, 6.45) is -0.111. The maximum atomic E-state index is 12.8. The Morgan fingerprint density at radius 2 is 1.72 bits per heavy atom. The summed E-state index contributed by atoms with van der Waals surface area (Å²) in [4.78, 5) is 24.7. The predicted octanol–water partition coefficient (Wildman–Crippen LogP) is 3.88. The Bertz CT molecular complexity index is 1110. The molecule has 0 fully saturated rings. The minimum Gasteiger partial charge on any atom is -0.504 e. The first kappa shape index (κ1) is 20.3. The first-order valence-electron chi connectivity index (χ1n) is 9.13. The first-order chi connectivity index (χ1) is 13.8. The van der Waals surface area contributed by atoms with Crippen molar-refractivity contribution in [3.05, 3.63) is 52.2 Å². The third-order valence-corrected chi connectivity index (χ3v) is 4.98. The molecule has 0 aliphatic heterocycles. The van der Waals surface area contributed by atoms with Gasteiger partial charge in [-0.15, -0.1) is 0 Å². The minimum absolute atomic E-state index is 0.0746. The fourth-order valence-electron chi connectivity index (χ4n) is 3.40. The van der Waals surface area contributed by atoms with Gasteiger partial charge in [0.15, 0.2) is 16.9 Å². The summed E-state index contributed by atoms with van der Waals surface area (Å²) in [5, 5.41) is 30.9. The van der Waals surface area contributed by atoms with Crippen LogP contribution in [0.1, 0.15) is 31.7 Å². The van der Waals surface area contributed by atoms with Crippen molar-refractivity contribution in [3.63, 3.8) is 0 Å². The summed E-state index contributed by atoms with van der Waals surface area (Å²) >= 11 is 0. The van der Waals surface area contributed by atoms with Crippen LogP contribution >= 0.6 is 0 Å². The number of fused-ring (bicyclic) bond motifs is 1. The van der Waals surface area contributed by atoms with Crippen LogP contribution in [-0.4, -0.2) is 28.4 Å². The third kappa shape index (κ3) is 3.63. The molecule has 0 aliphatic carbocycles. The Kier molecular flexibility index (Phi) is 5.50. The molecule has 7 heteroatoms. The summed E-state index contributed by atoms with van der Waals surface area (Å²) in [5.41, 5.74) is 0.0376. The second-order valence-corrected chi connectivity index (χ2v) is 7.14. The number of carbonyl (C=O) groups is 1. The van der Waals surface area contributed by atoms with Gasteiger partial charge in [-0.3, -0.25) is 9.59 Å². The lowest BCUT2D eigenvalue weighted by molar-refractivity contribution is -0.141. The molecule has 0 radical (unpaired) electrons. The highest BCUT2D eigenvalue weighted by molar-refractivity contribution is 5.93. The Hall–Kier alpha value is -3.48. The van der Waals surface area contributed by atoms with E-state index in [0.717, 1.165) is 0 Å². The first-order valence-corrected chi connectivity index (χ1v) is 9.13. The Morgan fingerprint density at radius 3 is 2.31 bits per heavy atom. The van der Waals surface area contributed by atoms with Crippen LogP contribution in [0.5, 0.6) is 17.2 Å². The van der Waals surface area contributed by atoms with Crippen molar-refractivity contribution < 1.29 is 29.3 Å². The van der Waals surface area contributed by atoms with Crippen LogP contribution in [0, 0.1) is 5.92 Å². The number of hydrogen-bond donors (Lipinski definition) is 3. The monoisotopic (exact) mass is 398 g/mol. The van der Waals surface area contributed by atoms with Crippen LogP contribution in [-0.2, 0) is 9.53 Å². The maximum absolute atomic E-state index is 12.8. The fourth-order valence-corrected chi connectivity index (χ4v) is 3.40. The molecular formula is C22H22O7. The number of carbonyl (C=O) groups excluding carboxylic acids is 1. The molecule has 3 N–H and O–H groups in total. The number of phenolic OH excluding ortho intramolecular Hbond substituents is 3. The molecular weight excluding hydrogens is 376 g/mol. The lowest BCUT2D eigenvalue weighted by Crippen LogP contribution is -2.15. The van der Waals surface area contributed by atoms with E-state index < -0.39 is 34.6 Å². The fraction of sp³-hybridized carbons (Fsp3) is 0.273. The van der Waals surface area contributed by atoms with Gasteiger partial charge in [0.2, 0.25) is 5.75 Å². The molecule has 7 nitrogen and oxygen atoms in total. The maximum Gasteiger partial charge on any atom is 0.306 e. The summed E-state index contributed by atoms with van der Waals surface area (Å²) in [6.45, 7) is 3.64. The predicted molar refractivity (Wildman–Crippen MR) is 107 cm³/mol. The van der Waals surface area contributed by atoms with Gasteiger partial charge in [0.1, 0.15) is 16.7 Å². The SMILES string of the molecule is COC(=O)C[C@H](c1c(O)c(O)c(O)c2c(=O)cc(-c3ccccc3)oc12)C(C)C. The van der Waals surface area contributed by atoms with E-state index in [9.17, 15) is 24.9 Å². The highest BCUT2D eigenvalue weighted by atomic mass is 16.5. The van der Waals surface area contributed by atoms with Crippen molar-refractivity contribution in [1.29, 1.82) is 0 Å². The van der Waals surface area contributed by atoms with Gasteiger partial charge in [-0.05, 0) is 5.92 Å². The molecule has 3 rings (SSSR count). The van der Waals surface area contributed by atoms with Gasteiger partial charge in [-0.1, -0.05) is 44.2 Å². The zero-order chi connectivity index (χ0) is 21.3. The average molecular weight is 398 g/mol. The van der Waals surface area contributed by atoms with Crippen molar-refractivity contribution >= 4 is 16.9 Å². The van der Waals surface area contributed by atoms with Crippen LogP contribution in [0.15, 0.2) is 45.6 Å². The lowest BCUT2D eigenvalue weighted by atomic mass is 9.83. The molecule has 0 unspecified atom stereocenters. The normalized spacial score (nSPS) is 12.3. The molecule has 1 heterocycles. The summed E-state index contributed by atoms with van der Waals surface area (Å²) in [7, 11) is 1.25. The van der Waals surface area contributed by atoms with E-state index in [-0.39, 0.29) is 34.6 Å². The summed E-state index contributed by atoms with van der Waals surface area (Å²) in [5.74, 6) is -3.34. The largest absolute Gasteiger partial charge is 0.504 e. The van der Waals surface area contributed by atoms with E-state index >= 15 is 0 Å². The quantitative estimate of drug-likeness (QED) is 0.441. The van der Waals surface area contributed by atoms with Gasteiger partial charge < -0.3 is 24.5 Å². The number of esters is 1. The Morgan fingerprint density at radius 1 is 1.07 bits per heavy atom. The van der Waals surface area contributed by atoms with Gasteiger partial charge in [0.05, 0.1) is 13.5 Å². The highest BCUT2D eigenvalue weighted by Crippen LogP contribution is 2.49. The number of ether oxygens (including phenoxy) is 1. The molecule has 152 valence electrons. The van der Waals surface area contributed by atoms with E-state index in [1.165, 1.54) is 13.2 Å². The highest BCUT2D eigenvalue weighted by Gasteiger charge is 2.31.